The highest BCUT2D eigenvalue weighted by Crippen LogP contribution is 2.17. The predicted octanol–water partition coefficient (Wildman–Crippen LogP) is 4.30. The van der Waals surface area contributed by atoms with Crippen molar-refractivity contribution in [1.29, 1.82) is 0 Å². The molecule has 4 heteroatoms. The number of carboxylic acid groups (broad SMARTS) is 1. The molecule has 4 nitrogen and oxygen atoms in total. The fourth-order valence-corrected chi connectivity index (χ4v) is 2.72. The summed E-state index contributed by atoms with van der Waals surface area (Å²) in [5.74, 6) is -0.882. The zero-order valence-electron chi connectivity index (χ0n) is 14.3. The van der Waals surface area contributed by atoms with E-state index in [0.29, 0.717) is 12.8 Å². The van der Waals surface area contributed by atoms with Gasteiger partial charge >= 0.3 is 5.97 Å². The first-order chi connectivity index (χ1) is 10.6. The number of carbonyl (C=O) groups is 2. The van der Waals surface area contributed by atoms with Gasteiger partial charge in [0.15, 0.2) is 0 Å². The summed E-state index contributed by atoms with van der Waals surface area (Å²) in [5.41, 5.74) is 5.45. The van der Waals surface area contributed by atoms with Crippen molar-refractivity contribution >= 4 is 12.3 Å². The van der Waals surface area contributed by atoms with Gasteiger partial charge in [0.2, 0.25) is 0 Å². The average Bonchev–Trinajstić information content (AvgIpc) is 2.51. The Balaban J connectivity index is 3.46. The highest BCUT2D eigenvalue weighted by atomic mass is 16.4. The monoisotopic (exact) mass is 313 g/mol. The molecular formula is C18H35NO3. The van der Waals surface area contributed by atoms with Crippen molar-refractivity contribution < 1.29 is 14.7 Å². The normalized spacial score (nSPS) is 13.7. The Hall–Kier alpha value is -0.900. The molecule has 3 N–H and O–H groups in total. The van der Waals surface area contributed by atoms with Crippen LogP contribution < -0.4 is 5.73 Å². The lowest BCUT2D eigenvalue weighted by atomic mass is 9.95. The molecule has 0 aromatic heterocycles. The van der Waals surface area contributed by atoms with E-state index in [1.54, 1.807) is 0 Å². The molecule has 2 atom stereocenters. The van der Waals surface area contributed by atoms with Crippen LogP contribution in [0.25, 0.3) is 0 Å². The summed E-state index contributed by atoms with van der Waals surface area (Å²) >= 11 is 0. The number of carbonyl (C=O) groups excluding carboxylic acids is 1. The molecule has 0 saturated carbocycles. The molecule has 0 saturated heterocycles. The quantitative estimate of drug-likeness (QED) is 0.329. The van der Waals surface area contributed by atoms with E-state index < -0.39 is 12.0 Å². The minimum Gasteiger partial charge on any atom is -0.480 e. The number of rotatable bonds is 16. The number of aldehydes is 1. The highest BCUT2D eigenvalue weighted by molar-refractivity contribution is 5.72. The third-order valence-electron chi connectivity index (χ3n) is 4.28. The van der Waals surface area contributed by atoms with Gasteiger partial charge in [-0.1, -0.05) is 71.1 Å². The second-order valence-electron chi connectivity index (χ2n) is 6.39. The number of aliphatic carboxylic acids is 1. The first-order valence-electron chi connectivity index (χ1n) is 9.05. The van der Waals surface area contributed by atoms with Crippen LogP contribution in [0.5, 0.6) is 0 Å². The van der Waals surface area contributed by atoms with E-state index in [4.69, 9.17) is 10.8 Å². The van der Waals surface area contributed by atoms with Gasteiger partial charge in [-0.25, -0.2) is 0 Å². The Bertz CT molecular complexity index is 282. The van der Waals surface area contributed by atoms with Crippen molar-refractivity contribution in [3.63, 3.8) is 0 Å². The third kappa shape index (κ3) is 12.8. The number of hydrogen-bond acceptors (Lipinski definition) is 3. The highest BCUT2D eigenvalue weighted by Gasteiger charge is 2.13. The Morgan fingerprint density at radius 3 is 1.91 bits per heavy atom. The van der Waals surface area contributed by atoms with Crippen LogP contribution in [-0.4, -0.2) is 23.4 Å². The molecule has 0 aliphatic heterocycles. The molecular weight excluding hydrogens is 278 g/mol. The molecule has 0 bridgehead atoms. The Labute approximate surface area is 135 Å². The molecule has 0 rings (SSSR count). The van der Waals surface area contributed by atoms with E-state index in [-0.39, 0.29) is 5.92 Å². The van der Waals surface area contributed by atoms with Crippen molar-refractivity contribution in [1.82, 2.24) is 0 Å². The lowest BCUT2D eigenvalue weighted by Crippen LogP contribution is -2.29. The van der Waals surface area contributed by atoms with Crippen LogP contribution in [0.3, 0.4) is 0 Å². The predicted molar refractivity (Wildman–Crippen MR) is 90.9 cm³/mol. The second-order valence-corrected chi connectivity index (χ2v) is 6.39. The molecule has 0 radical (unpaired) electrons. The number of nitrogens with two attached hydrogens (primary N) is 1. The fraction of sp³-hybridized carbons (Fsp3) is 0.889. The Kier molecular flexibility index (Phi) is 14.4. The molecule has 130 valence electrons. The molecule has 0 aromatic carbocycles. The largest absolute Gasteiger partial charge is 0.480 e. The fourth-order valence-electron chi connectivity index (χ4n) is 2.72. The van der Waals surface area contributed by atoms with E-state index in [0.717, 1.165) is 25.5 Å². The third-order valence-corrected chi connectivity index (χ3v) is 4.28. The van der Waals surface area contributed by atoms with Crippen LogP contribution in [0.4, 0.5) is 0 Å². The lowest BCUT2D eigenvalue weighted by molar-refractivity contribution is -0.138. The number of carboxylic acids is 1. The summed E-state index contributed by atoms with van der Waals surface area (Å²) in [6.07, 6.45) is 15.5. The number of hydrogen-bond donors (Lipinski definition) is 2. The van der Waals surface area contributed by atoms with Crippen LogP contribution in [0.1, 0.15) is 90.4 Å². The summed E-state index contributed by atoms with van der Waals surface area (Å²) < 4.78 is 0. The summed E-state index contributed by atoms with van der Waals surface area (Å²) in [4.78, 5) is 21.6. The maximum atomic E-state index is 11.0. The molecule has 0 aromatic rings. The van der Waals surface area contributed by atoms with Gasteiger partial charge in [-0.3, -0.25) is 4.79 Å². The van der Waals surface area contributed by atoms with E-state index in [1.807, 2.05) is 0 Å². The first kappa shape index (κ1) is 21.1. The van der Waals surface area contributed by atoms with Gasteiger partial charge in [0.05, 0.1) is 0 Å². The van der Waals surface area contributed by atoms with E-state index >= 15 is 0 Å². The van der Waals surface area contributed by atoms with Gasteiger partial charge in [0, 0.05) is 5.92 Å². The van der Waals surface area contributed by atoms with Gasteiger partial charge in [-0.05, 0) is 19.3 Å². The summed E-state index contributed by atoms with van der Waals surface area (Å²) in [5, 5.41) is 8.70. The van der Waals surface area contributed by atoms with E-state index in [1.165, 1.54) is 51.4 Å². The molecule has 0 amide bonds. The van der Waals surface area contributed by atoms with Crippen molar-refractivity contribution in [2.45, 2.75) is 96.4 Å². The van der Waals surface area contributed by atoms with Crippen molar-refractivity contribution in [2.24, 2.45) is 11.7 Å². The second kappa shape index (κ2) is 15.0. The molecule has 0 aliphatic carbocycles. The van der Waals surface area contributed by atoms with Gasteiger partial charge in [0.1, 0.15) is 12.3 Å². The summed E-state index contributed by atoms with van der Waals surface area (Å²) in [6, 6.07) is -0.792. The summed E-state index contributed by atoms with van der Waals surface area (Å²) in [6.45, 7) is 2.23. The molecule has 0 aliphatic rings. The van der Waals surface area contributed by atoms with Crippen molar-refractivity contribution in [2.75, 3.05) is 0 Å². The molecule has 2 unspecified atom stereocenters. The molecule has 22 heavy (non-hydrogen) atoms. The van der Waals surface area contributed by atoms with Crippen LogP contribution in [0, 0.1) is 5.92 Å². The first-order valence-corrected chi connectivity index (χ1v) is 9.05. The van der Waals surface area contributed by atoms with Gasteiger partial charge < -0.3 is 15.6 Å². The van der Waals surface area contributed by atoms with Crippen LogP contribution in [-0.2, 0) is 9.59 Å². The van der Waals surface area contributed by atoms with Crippen molar-refractivity contribution in [3.05, 3.63) is 0 Å². The van der Waals surface area contributed by atoms with Gasteiger partial charge in [-0.15, -0.1) is 0 Å². The van der Waals surface area contributed by atoms with Crippen LogP contribution >= 0.6 is 0 Å². The lowest BCUT2D eigenvalue weighted by Gasteiger charge is -2.11. The van der Waals surface area contributed by atoms with E-state index in [2.05, 4.69) is 6.92 Å². The SMILES string of the molecule is CCCCCCCCCCCC(C=O)CCCC(N)C(=O)O. The van der Waals surface area contributed by atoms with Crippen molar-refractivity contribution in [3.8, 4) is 0 Å². The minimum atomic E-state index is -0.957. The summed E-state index contributed by atoms with van der Waals surface area (Å²) in [7, 11) is 0. The number of unbranched alkanes of at least 4 members (excludes halogenated alkanes) is 8. The van der Waals surface area contributed by atoms with Crippen LogP contribution in [0.15, 0.2) is 0 Å². The van der Waals surface area contributed by atoms with Gasteiger partial charge in [0.25, 0.3) is 0 Å². The van der Waals surface area contributed by atoms with E-state index in [9.17, 15) is 9.59 Å². The smallest absolute Gasteiger partial charge is 0.320 e. The average molecular weight is 313 g/mol. The Morgan fingerprint density at radius 2 is 1.41 bits per heavy atom. The molecule has 0 fully saturated rings. The maximum absolute atomic E-state index is 11.0. The Morgan fingerprint density at radius 1 is 0.909 bits per heavy atom. The minimum absolute atomic E-state index is 0.0746. The maximum Gasteiger partial charge on any atom is 0.320 e. The topological polar surface area (TPSA) is 80.4 Å². The van der Waals surface area contributed by atoms with Crippen LogP contribution in [0.2, 0.25) is 0 Å². The standard InChI is InChI=1S/C18H35NO3/c1-2-3-4-5-6-7-8-9-10-12-16(15-20)13-11-14-17(19)18(21)22/h15-17H,2-14,19H2,1H3,(H,21,22). The zero-order chi connectivity index (χ0) is 16.6. The zero-order valence-corrected chi connectivity index (χ0v) is 14.3. The van der Waals surface area contributed by atoms with Gasteiger partial charge in [-0.2, -0.15) is 0 Å². The molecule has 0 heterocycles. The molecule has 0 spiro atoms.